The van der Waals surface area contributed by atoms with Gasteiger partial charge in [-0.15, -0.1) is 12.4 Å². The number of ether oxygens (including phenoxy) is 2. The molecule has 1 saturated heterocycles. The lowest BCUT2D eigenvalue weighted by atomic mass is 9.78. The number of aryl methyl sites for hydroxylation is 2. The van der Waals surface area contributed by atoms with Gasteiger partial charge in [-0.25, -0.2) is 0 Å². The SMILES string of the molecule is COCC1(C(=O)N(C)Cc2cc(C)c(OC)c(C)c2)CCNCC1.Cl. The summed E-state index contributed by atoms with van der Waals surface area (Å²) >= 11 is 0. The first-order valence-electron chi connectivity index (χ1n) is 8.53. The number of nitrogens with one attached hydrogen (secondary N) is 1. The number of carbonyl (C=O) groups is 1. The molecular formula is C19H31ClN2O3. The summed E-state index contributed by atoms with van der Waals surface area (Å²) in [6.07, 6.45) is 1.65. The van der Waals surface area contributed by atoms with Crippen LogP contribution in [0.3, 0.4) is 0 Å². The van der Waals surface area contributed by atoms with Gasteiger partial charge in [0.15, 0.2) is 0 Å². The summed E-state index contributed by atoms with van der Waals surface area (Å²) in [6, 6.07) is 4.20. The maximum Gasteiger partial charge on any atom is 0.231 e. The number of hydrogen-bond acceptors (Lipinski definition) is 4. The van der Waals surface area contributed by atoms with Gasteiger partial charge < -0.3 is 19.7 Å². The average molecular weight is 371 g/mol. The molecule has 6 heteroatoms. The molecule has 0 radical (unpaired) electrons. The fourth-order valence-corrected chi connectivity index (χ4v) is 3.81. The van der Waals surface area contributed by atoms with E-state index in [1.54, 1.807) is 14.2 Å². The van der Waals surface area contributed by atoms with E-state index in [-0.39, 0.29) is 18.3 Å². The zero-order valence-corrected chi connectivity index (χ0v) is 16.8. The van der Waals surface area contributed by atoms with Crippen molar-refractivity contribution < 1.29 is 14.3 Å². The number of halogens is 1. The van der Waals surface area contributed by atoms with Crippen molar-refractivity contribution in [3.63, 3.8) is 0 Å². The number of rotatable bonds is 6. The van der Waals surface area contributed by atoms with Crippen LogP contribution in [0.4, 0.5) is 0 Å². The first kappa shape index (κ1) is 21.7. The van der Waals surface area contributed by atoms with Crippen LogP contribution in [0.1, 0.15) is 29.5 Å². The second kappa shape index (κ2) is 9.41. The third-order valence-electron chi connectivity index (χ3n) is 4.93. The van der Waals surface area contributed by atoms with Gasteiger partial charge in [-0.1, -0.05) is 12.1 Å². The average Bonchev–Trinajstić information content (AvgIpc) is 2.55. The van der Waals surface area contributed by atoms with Crippen LogP contribution in [0.25, 0.3) is 0 Å². The molecule has 0 aliphatic carbocycles. The van der Waals surface area contributed by atoms with Crippen LogP contribution in [0.2, 0.25) is 0 Å². The Bertz CT molecular complexity index is 558. The molecule has 0 bridgehead atoms. The van der Waals surface area contributed by atoms with E-state index in [4.69, 9.17) is 9.47 Å². The van der Waals surface area contributed by atoms with Gasteiger partial charge >= 0.3 is 0 Å². The molecule has 0 saturated carbocycles. The fraction of sp³-hybridized carbons (Fsp3) is 0.632. The summed E-state index contributed by atoms with van der Waals surface area (Å²) in [7, 11) is 5.25. The smallest absolute Gasteiger partial charge is 0.231 e. The van der Waals surface area contributed by atoms with Crippen molar-refractivity contribution in [2.75, 3.05) is 41.0 Å². The maximum absolute atomic E-state index is 13.1. The molecule has 0 aromatic heterocycles. The highest BCUT2D eigenvalue weighted by Gasteiger charge is 2.41. The Labute approximate surface area is 157 Å². The van der Waals surface area contributed by atoms with Crippen LogP contribution in [0, 0.1) is 19.3 Å². The van der Waals surface area contributed by atoms with E-state index >= 15 is 0 Å². The second-order valence-electron chi connectivity index (χ2n) is 6.89. The van der Waals surface area contributed by atoms with Crippen molar-refractivity contribution in [1.82, 2.24) is 10.2 Å². The summed E-state index contributed by atoms with van der Waals surface area (Å²) in [6.45, 7) is 6.89. The Kier molecular flexibility index (Phi) is 8.19. The van der Waals surface area contributed by atoms with Gasteiger partial charge in [0.1, 0.15) is 5.75 Å². The monoisotopic (exact) mass is 370 g/mol. The molecule has 1 aliphatic heterocycles. The Morgan fingerprint density at radius 2 is 1.76 bits per heavy atom. The minimum absolute atomic E-state index is 0. The van der Waals surface area contributed by atoms with Gasteiger partial charge in [0.05, 0.1) is 19.1 Å². The summed E-state index contributed by atoms with van der Waals surface area (Å²) < 4.78 is 10.8. The van der Waals surface area contributed by atoms with E-state index < -0.39 is 5.41 Å². The normalized spacial score (nSPS) is 16.0. The minimum atomic E-state index is -0.398. The molecule has 0 atom stereocenters. The van der Waals surface area contributed by atoms with Crippen LogP contribution in [0.15, 0.2) is 12.1 Å². The number of piperidine rings is 1. The van der Waals surface area contributed by atoms with Crippen molar-refractivity contribution in [3.8, 4) is 5.75 Å². The lowest BCUT2D eigenvalue weighted by molar-refractivity contribution is -0.146. The van der Waals surface area contributed by atoms with Gasteiger partial charge in [0.25, 0.3) is 0 Å². The Hall–Kier alpha value is -1.30. The Balaban J connectivity index is 0.00000312. The standard InChI is InChI=1S/C19H30N2O3.ClH/c1-14-10-16(11-15(2)17(14)24-5)12-21(3)18(22)19(13-23-4)6-8-20-9-7-19;/h10-11,20H,6-9,12-13H2,1-5H3;1H. The highest BCUT2D eigenvalue weighted by atomic mass is 35.5. The van der Waals surface area contributed by atoms with Crippen molar-refractivity contribution in [2.45, 2.75) is 33.2 Å². The molecule has 25 heavy (non-hydrogen) atoms. The number of hydrogen-bond donors (Lipinski definition) is 1. The zero-order valence-electron chi connectivity index (χ0n) is 16.0. The van der Waals surface area contributed by atoms with Crippen LogP contribution >= 0.6 is 12.4 Å². The number of benzene rings is 1. The maximum atomic E-state index is 13.1. The molecular weight excluding hydrogens is 340 g/mol. The number of carbonyl (C=O) groups excluding carboxylic acids is 1. The minimum Gasteiger partial charge on any atom is -0.496 e. The van der Waals surface area contributed by atoms with Gasteiger partial charge in [0, 0.05) is 20.7 Å². The molecule has 1 aromatic rings. The highest BCUT2D eigenvalue weighted by Crippen LogP contribution is 2.32. The largest absolute Gasteiger partial charge is 0.496 e. The summed E-state index contributed by atoms with van der Waals surface area (Å²) in [5.74, 6) is 1.10. The van der Waals surface area contributed by atoms with E-state index in [0.29, 0.717) is 13.2 Å². The molecule has 142 valence electrons. The van der Waals surface area contributed by atoms with Gasteiger partial charge in [0.2, 0.25) is 5.91 Å². The lowest BCUT2D eigenvalue weighted by Crippen LogP contribution is -2.50. The molecule has 1 aromatic carbocycles. The number of methoxy groups -OCH3 is 2. The zero-order chi connectivity index (χ0) is 17.7. The topological polar surface area (TPSA) is 50.8 Å². The molecule has 1 fully saturated rings. The predicted molar refractivity (Wildman–Crippen MR) is 103 cm³/mol. The third kappa shape index (κ3) is 4.87. The first-order valence-corrected chi connectivity index (χ1v) is 8.53. The van der Waals surface area contributed by atoms with Crippen molar-refractivity contribution in [1.29, 1.82) is 0 Å². The predicted octanol–water partition coefficient (Wildman–Crippen LogP) is 2.71. The molecule has 0 spiro atoms. The van der Waals surface area contributed by atoms with E-state index in [2.05, 4.69) is 17.4 Å². The van der Waals surface area contributed by atoms with Crippen LogP contribution in [-0.2, 0) is 16.1 Å². The van der Waals surface area contributed by atoms with Crippen molar-refractivity contribution >= 4 is 18.3 Å². The van der Waals surface area contributed by atoms with E-state index in [1.807, 2.05) is 25.8 Å². The van der Waals surface area contributed by atoms with Crippen molar-refractivity contribution in [3.05, 3.63) is 28.8 Å². The fourth-order valence-electron chi connectivity index (χ4n) is 3.81. The van der Waals surface area contributed by atoms with Gasteiger partial charge in [-0.05, 0) is 56.5 Å². The highest BCUT2D eigenvalue weighted by molar-refractivity contribution is 5.85. The second-order valence-corrected chi connectivity index (χ2v) is 6.89. The molecule has 1 amide bonds. The number of amides is 1. The molecule has 2 rings (SSSR count). The third-order valence-corrected chi connectivity index (χ3v) is 4.93. The number of nitrogens with zero attached hydrogens (tertiary/aromatic N) is 1. The summed E-state index contributed by atoms with van der Waals surface area (Å²) in [5.41, 5.74) is 2.93. The van der Waals surface area contributed by atoms with E-state index in [1.165, 1.54) is 0 Å². The molecule has 1 heterocycles. The lowest BCUT2D eigenvalue weighted by Gasteiger charge is -2.38. The van der Waals surface area contributed by atoms with E-state index in [0.717, 1.165) is 48.4 Å². The Morgan fingerprint density at radius 1 is 1.20 bits per heavy atom. The first-order chi connectivity index (χ1) is 11.4. The quantitative estimate of drug-likeness (QED) is 0.836. The van der Waals surface area contributed by atoms with Crippen LogP contribution < -0.4 is 10.1 Å². The molecule has 1 aliphatic rings. The van der Waals surface area contributed by atoms with Crippen LogP contribution in [-0.4, -0.2) is 51.8 Å². The van der Waals surface area contributed by atoms with Gasteiger partial charge in [-0.3, -0.25) is 4.79 Å². The van der Waals surface area contributed by atoms with E-state index in [9.17, 15) is 4.79 Å². The van der Waals surface area contributed by atoms with Gasteiger partial charge in [-0.2, -0.15) is 0 Å². The summed E-state index contributed by atoms with van der Waals surface area (Å²) in [5, 5.41) is 3.33. The summed E-state index contributed by atoms with van der Waals surface area (Å²) in [4.78, 5) is 14.9. The molecule has 0 unspecified atom stereocenters. The molecule has 1 N–H and O–H groups in total. The van der Waals surface area contributed by atoms with Crippen molar-refractivity contribution in [2.24, 2.45) is 5.41 Å². The van der Waals surface area contributed by atoms with Crippen LogP contribution in [0.5, 0.6) is 5.75 Å². The molecule has 5 nitrogen and oxygen atoms in total. The Morgan fingerprint density at radius 3 is 2.24 bits per heavy atom.